The van der Waals surface area contributed by atoms with E-state index < -0.39 is 35.8 Å². The molecular formula is C16H15F3N4O4. The molecule has 8 nitrogen and oxygen atoms in total. The van der Waals surface area contributed by atoms with Crippen LogP contribution in [-0.2, 0) is 15.7 Å². The van der Waals surface area contributed by atoms with Crippen molar-refractivity contribution < 1.29 is 32.6 Å². The van der Waals surface area contributed by atoms with Crippen LogP contribution in [0.15, 0.2) is 30.5 Å². The van der Waals surface area contributed by atoms with Crippen LogP contribution in [0, 0.1) is 0 Å². The zero-order valence-electron chi connectivity index (χ0n) is 14.1. The second-order valence-corrected chi connectivity index (χ2v) is 6.08. The van der Waals surface area contributed by atoms with Crippen molar-refractivity contribution in [1.29, 1.82) is 0 Å². The molecule has 1 saturated heterocycles. The average molecular weight is 384 g/mol. The van der Waals surface area contributed by atoms with Gasteiger partial charge < -0.3 is 14.7 Å². The smallest absolute Gasteiger partial charge is 0.416 e. The number of hydrogen-bond acceptors (Lipinski definition) is 5. The minimum absolute atomic E-state index is 0.0927. The quantitative estimate of drug-likeness (QED) is 0.863. The van der Waals surface area contributed by atoms with Gasteiger partial charge in [0.15, 0.2) is 11.8 Å². The molecule has 2 aromatic rings. The first-order chi connectivity index (χ1) is 12.6. The van der Waals surface area contributed by atoms with E-state index in [2.05, 4.69) is 10.3 Å². The lowest BCUT2D eigenvalue weighted by Gasteiger charge is -2.34. The van der Waals surface area contributed by atoms with E-state index in [-0.39, 0.29) is 24.5 Å². The van der Waals surface area contributed by atoms with Crippen molar-refractivity contribution >= 4 is 11.9 Å². The molecule has 2 atom stereocenters. The van der Waals surface area contributed by atoms with Crippen molar-refractivity contribution in [3.05, 3.63) is 41.7 Å². The molecule has 27 heavy (non-hydrogen) atoms. The molecule has 2 heterocycles. The Morgan fingerprint density at radius 1 is 1.30 bits per heavy atom. The number of amides is 1. The molecule has 0 aliphatic carbocycles. The Balaban J connectivity index is 1.81. The molecule has 1 aliphatic rings. The topological polar surface area (TPSA) is 97.6 Å². The lowest BCUT2D eigenvalue weighted by molar-refractivity contribution is -0.160. The van der Waals surface area contributed by atoms with Gasteiger partial charge in [-0.05, 0) is 25.1 Å². The van der Waals surface area contributed by atoms with Gasteiger partial charge in [0.2, 0.25) is 0 Å². The normalized spacial score (nSPS) is 20.5. The number of carbonyl (C=O) groups excluding carboxylic acids is 1. The lowest BCUT2D eigenvalue weighted by atomic mass is 10.2. The number of rotatable bonds is 3. The zero-order chi connectivity index (χ0) is 19.8. The van der Waals surface area contributed by atoms with Gasteiger partial charge in [-0.15, -0.1) is 5.10 Å². The summed E-state index contributed by atoms with van der Waals surface area (Å²) < 4.78 is 44.8. The predicted molar refractivity (Wildman–Crippen MR) is 84.2 cm³/mol. The Morgan fingerprint density at radius 3 is 2.70 bits per heavy atom. The maximum Gasteiger partial charge on any atom is 0.416 e. The Bertz CT molecular complexity index is 867. The number of carboxylic acids is 1. The average Bonchev–Trinajstić information content (AvgIpc) is 3.10. The number of morpholine rings is 1. The van der Waals surface area contributed by atoms with Crippen LogP contribution in [0.2, 0.25) is 0 Å². The first kappa shape index (κ1) is 18.8. The number of aromatic nitrogens is 3. The Labute approximate surface area is 151 Å². The van der Waals surface area contributed by atoms with E-state index >= 15 is 0 Å². The second kappa shape index (κ2) is 6.99. The summed E-state index contributed by atoms with van der Waals surface area (Å²) in [6, 6.07) is 4.44. The molecular weight excluding hydrogens is 369 g/mol. The van der Waals surface area contributed by atoms with Crippen LogP contribution in [0.4, 0.5) is 13.2 Å². The van der Waals surface area contributed by atoms with Gasteiger partial charge in [0.05, 0.1) is 30.1 Å². The molecule has 1 aromatic carbocycles. The fourth-order valence-corrected chi connectivity index (χ4v) is 2.73. The Hall–Kier alpha value is -2.95. The van der Waals surface area contributed by atoms with Crippen LogP contribution in [0.5, 0.6) is 0 Å². The van der Waals surface area contributed by atoms with Crippen molar-refractivity contribution in [1.82, 2.24) is 19.9 Å². The van der Waals surface area contributed by atoms with Gasteiger partial charge in [-0.3, -0.25) is 4.79 Å². The molecule has 1 unspecified atom stereocenters. The van der Waals surface area contributed by atoms with Gasteiger partial charge in [-0.1, -0.05) is 11.3 Å². The number of nitrogens with zero attached hydrogens (tertiary/aromatic N) is 4. The summed E-state index contributed by atoms with van der Waals surface area (Å²) in [5.41, 5.74) is -0.865. The Kier molecular flexibility index (Phi) is 4.87. The van der Waals surface area contributed by atoms with Crippen molar-refractivity contribution in [3.8, 4) is 5.69 Å². The molecule has 11 heteroatoms. The van der Waals surface area contributed by atoms with Crippen LogP contribution in [-0.4, -0.2) is 62.2 Å². The number of halogens is 3. The molecule has 144 valence electrons. The minimum Gasteiger partial charge on any atom is -0.479 e. The molecule has 0 spiro atoms. The third-order valence-electron chi connectivity index (χ3n) is 3.97. The molecule has 1 N–H and O–H groups in total. The number of carbonyl (C=O) groups is 2. The molecule has 1 aromatic heterocycles. The highest BCUT2D eigenvalue weighted by Crippen LogP contribution is 2.30. The van der Waals surface area contributed by atoms with Crippen molar-refractivity contribution in [2.24, 2.45) is 0 Å². The van der Waals surface area contributed by atoms with Gasteiger partial charge in [0, 0.05) is 6.54 Å². The van der Waals surface area contributed by atoms with Crippen LogP contribution >= 0.6 is 0 Å². The summed E-state index contributed by atoms with van der Waals surface area (Å²) in [5.74, 6) is -1.76. The monoisotopic (exact) mass is 384 g/mol. The largest absolute Gasteiger partial charge is 0.479 e. The van der Waals surface area contributed by atoms with Crippen molar-refractivity contribution in [2.45, 2.75) is 25.3 Å². The summed E-state index contributed by atoms with van der Waals surface area (Å²) in [6.45, 7) is 1.64. The van der Waals surface area contributed by atoms with E-state index in [1.807, 2.05) is 0 Å². The maximum absolute atomic E-state index is 12.8. The molecule has 0 saturated carbocycles. The summed E-state index contributed by atoms with van der Waals surface area (Å²) in [5, 5.41) is 16.5. The Morgan fingerprint density at radius 2 is 2.04 bits per heavy atom. The standard InChI is InChI=1S/C16H15F3N4O4/c1-9-6-22(8-13(27-9)15(25)26)14(24)12-7-23(21-20-12)11-4-2-3-10(5-11)16(17,18)19/h2-5,7,9,13H,6,8H2,1H3,(H,25,26)/t9-,13?/m1/s1. The molecule has 1 amide bonds. The number of benzene rings is 1. The fourth-order valence-electron chi connectivity index (χ4n) is 2.73. The molecule has 3 rings (SSSR count). The summed E-state index contributed by atoms with van der Waals surface area (Å²) in [7, 11) is 0. The number of aliphatic carboxylic acids is 1. The van der Waals surface area contributed by atoms with Crippen molar-refractivity contribution in [3.63, 3.8) is 0 Å². The molecule has 1 fully saturated rings. The highest BCUT2D eigenvalue weighted by atomic mass is 19.4. The van der Waals surface area contributed by atoms with Gasteiger partial charge in [0.25, 0.3) is 5.91 Å². The van der Waals surface area contributed by atoms with Crippen LogP contribution < -0.4 is 0 Å². The fraction of sp³-hybridized carbons (Fsp3) is 0.375. The maximum atomic E-state index is 12.8. The van der Waals surface area contributed by atoms with E-state index in [9.17, 15) is 22.8 Å². The van der Waals surface area contributed by atoms with Gasteiger partial charge >= 0.3 is 12.1 Å². The highest BCUT2D eigenvalue weighted by molar-refractivity contribution is 5.92. The van der Waals surface area contributed by atoms with Gasteiger partial charge in [-0.25, -0.2) is 9.48 Å². The molecule has 0 bridgehead atoms. The van der Waals surface area contributed by atoms with Crippen LogP contribution in [0.25, 0.3) is 5.69 Å². The van der Waals surface area contributed by atoms with Crippen molar-refractivity contribution in [2.75, 3.05) is 13.1 Å². The minimum atomic E-state index is -4.51. The zero-order valence-corrected chi connectivity index (χ0v) is 14.1. The van der Waals surface area contributed by atoms with E-state index in [0.29, 0.717) is 0 Å². The number of ether oxygens (including phenoxy) is 1. The first-order valence-corrected chi connectivity index (χ1v) is 7.92. The summed E-state index contributed by atoms with van der Waals surface area (Å²) in [6.07, 6.45) is -4.95. The van der Waals surface area contributed by atoms with E-state index in [1.54, 1.807) is 6.92 Å². The predicted octanol–water partition coefficient (Wildman–Crippen LogP) is 1.60. The number of carboxylic acid groups (broad SMARTS) is 1. The second-order valence-electron chi connectivity index (χ2n) is 6.08. The van der Waals surface area contributed by atoms with E-state index in [4.69, 9.17) is 9.84 Å². The molecule has 1 aliphatic heterocycles. The number of hydrogen-bond donors (Lipinski definition) is 1. The van der Waals surface area contributed by atoms with Crippen LogP contribution in [0.3, 0.4) is 0 Å². The lowest BCUT2D eigenvalue weighted by Crippen LogP contribution is -2.51. The van der Waals surface area contributed by atoms with Crippen LogP contribution in [0.1, 0.15) is 23.0 Å². The van der Waals surface area contributed by atoms with E-state index in [0.717, 1.165) is 16.8 Å². The molecule has 0 radical (unpaired) electrons. The third-order valence-corrected chi connectivity index (χ3v) is 3.97. The first-order valence-electron chi connectivity index (χ1n) is 7.92. The number of alkyl halides is 3. The summed E-state index contributed by atoms with van der Waals surface area (Å²) >= 11 is 0. The van der Waals surface area contributed by atoms with E-state index in [1.165, 1.54) is 23.2 Å². The summed E-state index contributed by atoms with van der Waals surface area (Å²) in [4.78, 5) is 25.0. The highest BCUT2D eigenvalue weighted by Gasteiger charge is 2.34. The third kappa shape index (κ3) is 4.08. The van der Waals surface area contributed by atoms with Gasteiger partial charge in [-0.2, -0.15) is 13.2 Å². The van der Waals surface area contributed by atoms with Gasteiger partial charge in [0.1, 0.15) is 0 Å². The SMILES string of the molecule is C[C@@H]1CN(C(=O)c2cn(-c3cccc(C(F)(F)F)c3)nn2)CC(C(=O)O)O1.